The van der Waals surface area contributed by atoms with Gasteiger partial charge in [-0.1, -0.05) is 12.1 Å². The summed E-state index contributed by atoms with van der Waals surface area (Å²) in [5, 5.41) is 2.98. The highest BCUT2D eigenvalue weighted by atomic mass is 16.5. The van der Waals surface area contributed by atoms with Gasteiger partial charge in [0.1, 0.15) is 5.69 Å². The third-order valence-electron chi connectivity index (χ3n) is 5.53. The topological polar surface area (TPSA) is 88.6 Å². The number of carbonyl (C=O) groups excluding carboxylic acids is 3. The van der Waals surface area contributed by atoms with Crippen LogP contribution in [0.15, 0.2) is 36.4 Å². The molecule has 2 aliphatic rings. The molecule has 1 heterocycles. The fourth-order valence-electron chi connectivity index (χ4n) is 3.46. The molecule has 31 heavy (non-hydrogen) atoms. The van der Waals surface area contributed by atoms with Gasteiger partial charge in [-0.3, -0.25) is 9.59 Å². The van der Waals surface area contributed by atoms with E-state index in [2.05, 4.69) is 10.3 Å². The molecule has 1 N–H and O–H groups in total. The van der Waals surface area contributed by atoms with Crippen molar-refractivity contribution in [1.29, 1.82) is 0 Å². The number of pyridine rings is 1. The predicted octanol–water partition coefficient (Wildman–Crippen LogP) is 3.26. The molecule has 4 rings (SSSR count). The maximum absolute atomic E-state index is 13.2. The minimum Gasteiger partial charge on any atom is -0.462 e. The highest BCUT2D eigenvalue weighted by molar-refractivity contribution is 5.96. The predicted molar refractivity (Wildman–Crippen MR) is 115 cm³/mol. The molecule has 2 aliphatic carbocycles. The number of ether oxygens (including phenoxy) is 1. The third-order valence-corrected chi connectivity index (χ3v) is 5.53. The summed E-state index contributed by atoms with van der Waals surface area (Å²) >= 11 is 0. The first-order valence-corrected chi connectivity index (χ1v) is 10.8. The second-order valence-electron chi connectivity index (χ2n) is 8.16. The maximum atomic E-state index is 13.2. The Morgan fingerprint density at radius 3 is 2.35 bits per heavy atom. The zero-order chi connectivity index (χ0) is 22.0. The van der Waals surface area contributed by atoms with Crippen molar-refractivity contribution in [1.82, 2.24) is 15.2 Å². The number of esters is 1. The number of aromatic nitrogens is 1. The van der Waals surface area contributed by atoms with Gasteiger partial charge < -0.3 is 15.0 Å². The molecule has 0 bridgehead atoms. The standard InChI is InChI=1S/C24H27N3O4/c1-3-31-24(30)20-12-13-21(25-15(20)2)23(29)27(19-10-11-19)14-16-4-6-17(7-5-16)22(28)26-18-8-9-18/h4-7,12-13,18-19H,3,8-11,14H2,1-2H3,(H,26,28). The molecule has 162 valence electrons. The molecule has 0 saturated heterocycles. The fourth-order valence-corrected chi connectivity index (χ4v) is 3.46. The van der Waals surface area contributed by atoms with E-state index in [4.69, 9.17) is 4.74 Å². The molecule has 0 atom stereocenters. The number of aryl methyl sites for hydroxylation is 1. The summed E-state index contributed by atoms with van der Waals surface area (Å²) in [5.41, 5.74) is 2.76. The van der Waals surface area contributed by atoms with E-state index < -0.39 is 5.97 Å². The molecule has 0 unspecified atom stereocenters. The van der Waals surface area contributed by atoms with Crippen LogP contribution in [0, 0.1) is 6.92 Å². The number of benzene rings is 1. The van der Waals surface area contributed by atoms with Crippen LogP contribution in [0.1, 0.15) is 75.1 Å². The Bertz CT molecular complexity index is 994. The lowest BCUT2D eigenvalue weighted by Gasteiger charge is -2.22. The zero-order valence-corrected chi connectivity index (χ0v) is 17.9. The number of nitrogens with one attached hydrogen (secondary N) is 1. The lowest BCUT2D eigenvalue weighted by atomic mass is 10.1. The molecule has 0 radical (unpaired) electrons. The average molecular weight is 421 g/mol. The minimum atomic E-state index is -0.434. The normalized spacial score (nSPS) is 15.3. The summed E-state index contributed by atoms with van der Waals surface area (Å²) in [5.74, 6) is -0.640. The summed E-state index contributed by atoms with van der Waals surface area (Å²) in [6.45, 7) is 4.19. The lowest BCUT2D eigenvalue weighted by molar-refractivity contribution is 0.0523. The highest BCUT2D eigenvalue weighted by Crippen LogP contribution is 2.30. The van der Waals surface area contributed by atoms with Gasteiger partial charge in [0.2, 0.25) is 0 Å². The van der Waals surface area contributed by atoms with Crippen molar-refractivity contribution in [2.24, 2.45) is 0 Å². The Morgan fingerprint density at radius 1 is 1.06 bits per heavy atom. The van der Waals surface area contributed by atoms with Crippen molar-refractivity contribution in [3.8, 4) is 0 Å². The summed E-state index contributed by atoms with van der Waals surface area (Å²) in [6.07, 6.45) is 4.04. The summed E-state index contributed by atoms with van der Waals surface area (Å²) in [6, 6.07) is 11.1. The minimum absolute atomic E-state index is 0.0504. The fraction of sp³-hybridized carbons (Fsp3) is 0.417. The highest BCUT2D eigenvalue weighted by Gasteiger charge is 2.34. The molecule has 7 nitrogen and oxygen atoms in total. The monoisotopic (exact) mass is 421 g/mol. The molecule has 2 saturated carbocycles. The summed E-state index contributed by atoms with van der Waals surface area (Å²) in [4.78, 5) is 43.5. The lowest BCUT2D eigenvalue weighted by Crippen LogP contribution is -2.33. The second kappa shape index (κ2) is 8.88. The first-order valence-electron chi connectivity index (χ1n) is 10.8. The summed E-state index contributed by atoms with van der Waals surface area (Å²) in [7, 11) is 0. The van der Waals surface area contributed by atoms with E-state index in [-0.39, 0.29) is 24.5 Å². The van der Waals surface area contributed by atoms with Gasteiger partial charge >= 0.3 is 5.97 Å². The van der Waals surface area contributed by atoms with E-state index in [0.29, 0.717) is 35.1 Å². The molecule has 1 aromatic heterocycles. The van der Waals surface area contributed by atoms with Crippen LogP contribution in [0.25, 0.3) is 0 Å². The van der Waals surface area contributed by atoms with E-state index in [1.165, 1.54) is 0 Å². The van der Waals surface area contributed by atoms with Gasteiger partial charge in [0.25, 0.3) is 11.8 Å². The van der Waals surface area contributed by atoms with Crippen LogP contribution in [-0.2, 0) is 11.3 Å². The number of nitrogens with zero attached hydrogens (tertiary/aromatic N) is 2. The van der Waals surface area contributed by atoms with Crippen molar-refractivity contribution in [3.63, 3.8) is 0 Å². The number of hydrogen-bond donors (Lipinski definition) is 1. The van der Waals surface area contributed by atoms with Crippen molar-refractivity contribution in [2.45, 2.75) is 58.2 Å². The van der Waals surface area contributed by atoms with E-state index >= 15 is 0 Å². The van der Waals surface area contributed by atoms with Gasteiger partial charge in [-0.05, 0) is 69.4 Å². The molecule has 2 amide bonds. The molecule has 2 aromatic rings. The molecule has 2 fully saturated rings. The quantitative estimate of drug-likeness (QED) is 0.661. The van der Waals surface area contributed by atoms with Gasteiger partial charge in [-0.25, -0.2) is 9.78 Å². The SMILES string of the molecule is CCOC(=O)c1ccc(C(=O)N(Cc2ccc(C(=O)NC3CC3)cc2)C2CC2)nc1C. The van der Waals surface area contributed by atoms with Crippen LogP contribution < -0.4 is 5.32 Å². The molecule has 1 aromatic carbocycles. The van der Waals surface area contributed by atoms with E-state index in [1.807, 2.05) is 17.0 Å². The number of hydrogen-bond acceptors (Lipinski definition) is 5. The van der Waals surface area contributed by atoms with Crippen LogP contribution in [0.2, 0.25) is 0 Å². The second-order valence-corrected chi connectivity index (χ2v) is 8.16. The average Bonchev–Trinajstić information content (AvgIpc) is 3.67. The Balaban J connectivity index is 1.46. The van der Waals surface area contributed by atoms with Crippen molar-refractivity contribution in [2.75, 3.05) is 6.61 Å². The summed E-state index contributed by atoms with van der Waals surface area (Å²) < 4.78 is 5.03. The van der Waals surface area contributed by atoms with Crippen molar-refractivity contribution >= 4 is 17.8 Å². The van der Waals surface area contributed by atoms with Gasteiger partial charge in [0, 0.05) is 24.2 Å². The van der Waals surface area contributed by atoms with Gasteiger partial charge in [-0.2, -0.15) is 0 Å². The Kier molecular flexibility index (Phi) is 6.02. The first kappa shape index (κ1) is 21.0. The van der Waals surface area contributed by atoms with Gasteiger partial charge in [-0.15, -0.1) is 0 Å². The molecular formula is C24H27N3O4. The van der Waals surface area contributed by atoms with E-state index in [9.17, 15) is 14.4 Å². The molecular weight excluding hydrogens is 394 g/mol. The van der Waals surface area contributed by atoms with Crippen LogP contribution >= 0.6 is 0 Å². The Labute approximate surface area is 181 Å². The zero-order valence-electron chi connectivity index (χ0n) is 17.9. The first-order chi connectivity index (χ1) is 15.0. The number of carbonyl (C=O) groups is 3. The Morgan fingerprint density at radius 2 is 1.77 bits per heavy atom. The van der Waals surface area contributed by atoms with E-state index in [0.717, 1.165) is 31.2 Å². The van der Waals surface area contributed by atoms with Crippen LogP contribution in [0.3, 0.4) is 0 Å². The largest absolute Gasteiger partial charge is 0.462 e. The van der Waals surface area contributed by atoms with Gasteiger partial charge in [0.05, 0.1) is 17.9 Å². The molecule has 7 heteroatoms. The van der Waals surface area contributed by atoms with E-state index in [1.54, 1.807) is 38.1 Å². The van der Waals surface area contributed by atoms with Crippen molar-refractivity contribution < 1.29 is 19.1 Å². The maximum Gasteiger partial charge on any atom is 0.339 e. The smallest absolute Gasteiger partial charge is 0.339 e. The number of amides is 2. The third kappa shape index (κ3) is 5.10. The Hall–Kier alpha value is -3.22. The van der Waals surface area contributed by atoms with Crippen LogP contribution in [-0.4, -0.2) is 46.4 Å². The van der Waals surface area contributed by atoms with Crippen LogP contribution in [0.4, 0.5) is 0 Å². The van der Waals surface area contributed by atoms with Crippen molar-refractivity contribution in [3.05, 3.63) is 64.5 Å². The molecule has 0 spiro atoms. The van der Waals surface area contributed by atoms with Gasteiger partial charge in [0.15, 0.2) is 0 Å². The number of rotatable bonds is 8. The van der Waals surface area contributed by atoms with Crippen LogP contribution in [0.5, 0.6) is 0 Å². The molecule has 0 aliphatic heterocycles.